The molecule has 0 saturated carbocycles. The van der Waals surface area contributed by atoms with Crippen molar-refractivity contribution >= 4 is 15.7 Å². The van der Waals surface area contributed by atoms with Crippen LogP contribution in [-0.2, 0) is 14.6 Å². The number of carbonyl (C=O) groups excluding carboxylic acids is 1. The van der Waals surface area contributed by atoms with E-state index in [0.717, 1.165) is 0 Å². The molecule has 5 nitrogen and oxygen atoms in total. The third-order valence-corrected chi connectivity index (χ3v) is 5.59. The lowest BCUT2D eigenvalue weighted by Gasteiger charge is -2.32. The van der Waals surface area contributed by atoms with Crippen LogP contribution in [0.2, 0.25) is 0 Å². The summed E-state index contributed by atoms with van der Waals surface area (Å²) in [6, 6.07) is 0.151. The molecule has 0 atom stereocenters. The van der Waals surface area contributed by atoms with Gasteiger partial charge in [0.05, 0.1) is 0 Å². The monoisotopic (exact) mass is 306 g/mol. The molecule has 0 aliphatic carbocycles. The molecule has 0 spiro atoms. The van der Waals surface area contributed by atoms with E-state index in [1.807, 2.05) is 41.5 Å². The number of amides is 1. The summed E-state index contributed by atoms with van der Waals surface area (Å²) in [5.41, 5.74) is -0.561. The molecule has 0 heterocycles. The number of sulfone groups is 1. The van der Waals surface area contributed by atoms with Gasteiger partial charge in [0.15, 0.2) is 9.84 Å². The Kier molecular flexibility index (Phi) is 6.68. The second-order valence-corrected chi connectivity index (χ2v) is 8.74. The Bertz CT molecular complexity index is 428. The van der Waals surface area contributed by atoms with Crippen LogP contribution in [-0.4, -0.2) is 56.0 Å². The Morgan fingerprint density at radius 3 is 1.85 bits per heavy atom. The molecular weight excluding hydrogens is 276 g/mol. The predicted octanol–water partition coefficient (Wildman–Crippen LogP) is 1.80. The van der Waals surface area contributed by atoms with Gasteiger partial charge in [0.25, 0.3) is 0 Å². The minimum atomic E-state index is -3.33. The molecular formula is C14H30N2O3S. The van der Waals surface area contributed by atoms with Gasteiger partial charge in [-0.15, -0.1) is 0 Å². The third kappa shape index (κ3) is 5.40. The Hall–Kier alpha value is -0.620. The number of hydrogen-bond acceptors (Lipinski definition) is 4. The standard InChI is InChI=1S/C14H30N2O3S/c1-11(2)14(5,6)13(17)16(8)10-20(18,19)9-15(7)12(3)4/h11-12H,9-10H2,1-8H3. The maximum atomic E-state index is 12.4. The molecule has 0 fully saturated rings. The highest BCUT2D eigenvalue weighted by Crippen LogP contribution is 2.28. The molecule has 0 aromatic heterocycles. The number of hydrogen-bond donors (Lipinski definition) is 0. The summed E-state index contributed by atoms with van der Waals surface area (Å²) in [6.07, 6.45) is 0. The zero-order valence-electron chi connectivity index (χ0n) is 14.1. The molecule has 0 radical (unpaired) electrons. The van der Waals surface area contributed by atoms with Gasteiger partial charge >= 0.3 is 0 Å². The molecule has 1 amide bonds. The van der Waals surface area contributed by atoms with E-state index in [1.54, 1.807) is 19.0 Å². The van der Waals surface area contributed by atoms with Gasteiger partial charge in [0, 0.05) is 18.5 Å². The summed E-state index contributed by atoms with van der Waals surface area (Å²) in [5.74, 6) is -0.259. The highest BCUT2D eigenvalue weighted by atomic mass is 32.2. The Labute approximate surface area is 124 Å². The summed E-state index contributed by atoms with van der Waals surface area (Å²) in [4.78, 5) is 15.4. The fraction of sp³-hybridized carbons (Fsp3) is 0.929. The number of carbonyl (C=O) groups is 1. The smallest absolute Gasteiger partial charge is 0.229 e. The molecule has 0 aromatic carbocycles. The van der Waals surface area contributed by atoms with Crippen molar-refractivity contribution in [2.45, 2.75) is 47.6 Å². The first-order valence-electron chi connectivity index (χ1n) is 6.97. The first-order chi connectivity index (χ1) is 8.81. The van der Waals surface area contributed by atoms with Crippen LogP contribution in [0.5, 0.6) is 0 Å². The predicted molar refractivity (Wildman–Crippen MR) is 82.9 cm³/mol. The van der Waals surface area contributed by atoms with Crippen LogP contribution in [0.25, 0.3) is 0 Å². The van der Waals surface area contributed by atoms with Gasteiger partial charge in [-0.1, -0.05) is 27.7 Å². The quantitative estimate of drug-likeness (QED) is 0.719. The fourth-order valence-corrected chi connectivity index (χ4v) is 3.30. The van der Waals surface area contributed by atoms with Crippen molar-refractivity contribution in [1.82, 2.24) is 9.80 Å². The molecule has 6 heteroatoms. The maximum absolute atomic E-state index is 12.4. The van der Waals surface area contributed by atoms with Gasteiger partial charge in [-0.25, -0.2) is 8.42 Å². The van der Waals surface area contributed by atoms with E-state index in [-0.39, 0.29) is 29.6 Å². The zero-order valence-corrected chi connectivity index (χ0v) is 14.9. The summed E-state index contributed by atoms with van der Waals surface area (Å²) >= 11 is 0. The topological polar surface area (TPSA) is 57.7 Å². The van der Waals surface area contributed by atoms with Crippen molar-refractivity contribution in [1.29, 1.82) is 0 Å². The maximum Gasteiger partial charge on any atom is 0.229 e. The van der Waals surface area contributed by atoms with Crippen molar-refractivity contribution in [2.75, 3.05) is 25.8 Å². The van der Waals surface area contributed by atoms with E-state index in [4.69, 9.17) is 0 Å². The van der Waals surface area contributed by atoms with Crippen molar-refractivity contribution in [2.24, 2.45) is 11.3 Å². The van der Waals surface area contributed by atoms with Crippen LogP contribution in [0.1, 0.15) is 41.5 Å². The number of rotatable bonds is 7. The third-order valence-electron chi connectivity index (χ3n) is 4.01. The Morgan fingerprint density at radius 1 is 1.05 bits per heavy atom. The lowest BCUT2D eigenvalue weighted by molar-refractivity contribution is -0.140. The molecule has 0 rings (SSSR count). The van der Waals surface area contributed by atoms with Crippen LogP contribution in [0.4, 0.5) is 0 Å². The van der Waals surface area contributed by atoms with Crippen LogP contribution >= 0.6 is 0 Å². The minimum Gasteiger partial charge on any atom is -0.331 e. The van der Waals surface area contributed by atoms with Crippen LogP contribution in [0, 0.1) is 11.3 Å². The van der Waals surface area contributed by atoms with Gasteiger partial charge in [-0.3, -0.25) is 9.69 Å². The van der Waals surface area contributed by atoms with E-state index in [0.29, 0.717) is 0 Å². The zero-order chi connectivity index (χ0) is 16.3. The van der Waals surface area contributed by atoms with E-state index < -0.39 is 15.3 Å². The van der Waals surface area contributed by atoms with Gasteiger partial charge < -0.3 is 4.90 Å². The van der Waals surface area contributed by atoms with E-state index in [9.17, 15) is 13.2 Å². The van der Waals surface area contributed by atoms with Crippen molar-refractivity contribution in [3.8, 4) is 0 Å². The summed E-state index contributed by atoms with van der Waals surface area (Å²) in [7, 11) is -0.00414. The van der Waals surface area contributed by atoms with Crippen LogP contribution in [0.15, 0.2) is 0 Å². The first-order valence-corrected chi connectivity index (χ1v) is 8.79. The molecule has 0 bridgehead atoms. The Morgan fingerprint density at radius 2 is 1.50 bits per heavy atom. The lowest BCUT2D eigenvalue weighted by Crippen LogP contribution is -2.45. The highest BCUT2D eigenvalue weighted by molar-refractivity contribution is 7.91. The Balaban J connectivity index is 4.84. The van der Waals surface area contributed by atoms with Crippen LogP contribution < -0.4 is 0 Å². The van der Waals surface area contributed by atoms with Crippen molar-refractivity contribution in [3.05, 3.63) is 0 Å². The van der Waals surface area contributed by atoms with Gasteiger partial charge in [-0.05, 0) is 26.8 Å². The minimum absolute atomic E-state index is 0.0373. The van der Waals surface area contributed by atoms with E-state index in [1.165, 1.54) is 4.90 Å². The average molecular weight is 306 g/mol. The SMILES string of the molecule is CC(C)N(C)CS(=O)(=O)CN(C)C(=O)C(C)(C)C(C)C. The molecule has 0 unspecified atom stereocenters. The molecule has 0 N–H and O–H groups in total. The molecule has 0 aliphatic heterocycles. The molecule has 0 saturated heterocycles. The summed E-state index contributed by atoms with van der Waals surface area (Å²) in [5, 5.41) is 0. The summed E-state index contributed by atoms with van der Waals surface area (Å²) < 4.78 is 24.2. The van der Waals surface area contributed by atoms with Gasteiger partial charge in [-0.2, -0.15) is 0 Å². The van der Waals surface area contributed by atoms with Gasteiger partial charge in [0.1, 0.15) is 11.8 Å². The van der Waals surface area contributed by atoms with E-state index in [2.05, 4.69) is 0 Å². The fourth-order valence-electron chi connectivity index (χ4n) is 1.59. The van der Waals surface area contributed by atoms with E-state index >= 15 is 0 Å². The normalized spacial score (nSPS) is 13.3. The second kappa shape index (κ2) is 6.89. The molecule has 0 aliphatic rings. The second-order valence-electron chi connectivity index (χ2n) is 6.73. The van der Waals surface area contributed by atoms with Crippen LogP contribution in [0.3, 0.4) is 0 Å². The lowest BCUT2D eigenvalue weighted by atomic mass is 9.80. The molecule has 0 aromatic rings. The van der Waals surface area contributed by atoms with Crippen molar-refractivity contribution in [3.63, 3.8) is 0 Å². The number of nitrogens with zero attached hydrogens (tertiary/aromatic N) is 2. The first kappa shape index (κ1) is 19.4. The summed E-state index contributed by atoms with van der Waals surface area (Å²) in [6.45, 7) is 11.5. The highest BCUT2D eigenvalue weighted by Gasteiger charge is 2.35. The average Bonchev–Trinajstić information content (AvgIpc) is 2.25. The largest absolute Gasteiger partial charge is 0.331 e. The van der Waals surface area contributed by atoms with Gasteiger partial charge in [0.2, 0.25) is 5.91 Å². The van der Waals surface area contributed by atoms with Crippen molar-refractivity contribution < 1.29 is 13.2 Å². The molecule has 20 heavy (non-hydrogen) atoms. The molecule has 120 valence electrons.